The Kier molecular flexibility index (Phi) is 5.47. The highest BCUT2D eigenvalue weighted by atomic mass is 16.1. The highest BCUT2D eigenvalue weighted by molar-refractivity contribution is 5.93. The first kappa shape index (κ1) is 16.2. The lowest BCUT2D eigenvalue weighted by atomic mass is 10.0. The number of amides is 1. The fourth-order valence-electron chi connectivity index (χ4n) is 3.67. The summed E-state index contributed by atoms with van der Waals surface area (Å²) in [6, 6.07) is 0.313. The van der Waals surface area contributed by atoms with Gasteiger partial charge in [0.05, 0.1) is 5.56 Å². The van der Waals surface area contributed by atoms with Crippen LogP contribution >= 0.6 is 0 Å². The van der Waals surface area contributed by atoms with Gasteiger partial charge in [0.2, 0.25) is 5.95 Å². The number of hydrogen-bond acceptors (Lipinski definition) is 4. The summed E-state index contributed by atoms with van der Waals surface area (Å²) in [4.78, 5) is 23.4. The van der Waals surface area contributed by atoms with E-state index in [-0.39, 0.29) is 5.91 Å². The van der Waals surface area contributed by atoms with Gasteiger partial charge in [-0.05, 0) is 31.6 Å². The van der Waals surface area contributed by atoms with E-state index in [9.17, 15) is 4.79 Å². The molecule has 5 heteroatoms. The standard InChI is InChI=1S/C18H28N4O/c1-14-7-6-10-22(13-14)18-19-11-15(12-20-18)17(23)21-16-8-4-2-3-5-9-16/h11-12,14,16H,2-10,13H2,1H3,(H,21,23). The smallest absolute Gasteiger partial charge is 0.254 e. The molecule has 23 heavy (non-hydrogen) atoms. The summed E-state index contributed by atoms with van der Waals surface area (Å²) in [7, 11) is 0. The van der Waals surface area contributed by atoms with Gasteiger partial charge in [0, 0.05) is 31.5 Å². The lowest BCUT2D eigenvalue weighted by Gasteiger charge is -2.30. The third-order valence-corrected chi connectivity index (χ3v) is 5.03. The molecule has 1 saturated heterocycles. The third kappa shape index (κ3) is 4.43. The van der Waals surface area contributed by atoms with Gasteiger partial charge in [-0.1, -0.05) is 32.6 Å². The van der Waals surface area contributed by atoms with Gasteiger partial charge in [-0.2, -0.15) is 0 Å². The molecule has 0 radical (unpaired) electrons. The molecule has 1 N–H and O–H groups in total. The minimum absolute atomic E-state index is 0.0320. The van der Waals surface area contributed by atoms with Crippen molar-refractivity contribution in [1.29, 1.82) is 0 Å². The summed E-state index contributed by atoms with van der Waals surface area (Å²) >= 11 is 0. The van der Waals surface area contributed by atoms with Gasteiger partial charge < -0.3 is 10.2 Å². The minimum atomic E-state index is -0.0320. The van der Waals surface area contributed by atoms with Crippen molar-refractivity contribution in [2.45, 2.75) is 64.3 Å². The van der Waals surface area contributed by atoms with Crippen molar-refractivity contribution < 1.29 is 4.79 Å². The Bertz CT molecular complexity index is 508. The normalized spacial score (nSPS) is 23.3. The molecule has 5 nitrogen and oxygen atoms in total. The van der Waals surface area contributed by atoms with Gasteiger partial charge in [-0.15, -0.1) is 0 Å². The molecule has 1 saturated carbocycles. The Morgan fingerprint density at radius 1 is 1.09 bits per heavy atom. The minimum Gasteiger partial charge on any atom is -0.349 e. The Hall–Kier alpha value is -1.65. The number of carbonyl (C=O) groups excluding carboxylic acids is 1. The molecule has 0 bridgehead atoms. The monoisotopic (exact) mass is 316 g/mol. The number of carbonyl (C=O) groups is 1. The van der Waals surface area contributed by atoms with E-state index >= 15 is 0 Å². The van der Waals surface area contributed by atoms with Crippen molar-refractivity contribution in [2.24, 2.45) is 5.92 Å². The molecule has 0 spiro atoms. The van der Waals surface area contributed by atoms with Crippen molar-refractivity contribution in [1.82, 2.24) is 15.3 Å². The maximum Gasteiger partial charge on any atom is 0.254 e. The Morgan fingerprint density at radius 3 is 2.43 bits per heavy atom. The second kappa shape index (κ2) is 7.75. The van der Waals surface area contributed by atoms with E-state index in [0.29, 0.717) is 17.5 Å². The van der Waals surface area contributed by atoms with Crippen LogP contribution in [0.15, 0.2) is 12.4 Å². The quantitative estimate of drug-likeness (QED) is 0.870. The number of anilines is 1. The topological polar surface area (TPSA) is 58.1 Å². The van der Waals surface area contributed by atoms with Gasteiger partial charge in [0.15, 0.2) is 0 Å². The predicted octanol–water partition coefficient (Wildman–Crippen LogP) is 3.17. The highest BCUT2D eigenvalue weighted by Gasteiger charge is 2.20. The van der Waals surface area contributed by atoms with Crippen LogP contribution in [0.4, 0.5) is 5.95 Å². The van der Waals surface area contributed by atoms with Crippen LogP contribution < -0.4 is 10.2 Å². The van der Waals surface area contributed by atoms with E-state index < -0.39 is 0 Å². The fraction of sp³-hybridized carbons (Fsp3) is 0.722. The zero-order valence-corrected chi connectivity index (χ0v) is 14.1. The zero-order valence-electron chi connectivity index (χ0n) is 14.1. The van der Waals surface area contributed by atoms with Crippen molar-refractivity contribution >= 4 is 11.9 Å². The van der Waals surface area contributed by atoms with E-state index in [1.165, 1.54) is 38.5 Å². The third-order valence-electron chi connectivity index (χ3n) is 5.03. The van der Waals surface area contributed by atoms with Gasteiger partial charge in [0.1, 0.15) is 0 Å². The average Bonchev–Trinajstić information content (AvgIpc) is 2.84. The number of nitrogens with zero attached hydrogens (tertiary/aromatic N) is 3. The maximum atomic E-state index is 12.4. The fourth-order valence-corrected chi connectivity index (χ4v) is 3.67. The van der Waals surface area contributed by atoms with Crippen LogP contribution in [0.1, 0.15) is 68.6 Å². The second-order valence-corrected chi connectivity index (χ2v) is 7.13. The van der Waals surface area contributed by atoms with E-state index in [2.05, 4.69) is 27.1 Å². The van der Waals surface area contributed by atoms with Crippen LogP contribution in [0, 0.1) is 5.92 Å². The van der Waals surface area contributed by atoms with Crippen LogP contribution in [0.25, 0.3) is 0 Å². The van der Waals surface area contributed by atoms with Crippen LogP contribution in [0.3, 0.4) is 0 Å². The number of aromatic nitrogens is 2. The van der Waals surface area contributed by atoms with Crippen molar-refractivity contribution in [2.75, 3.05) is 18.0 Å². The molecule has 0 aromatic carbocycles. The van der Waals surface area contributed by atoms with E-state index in [1.807, 2.05) is 0 Å². The molecule has 2 fully saturated rings. The number of rotatable bonds is 3. The summed E-state index contributed by atoms with van der Waals surface area (Å²) in [6.07, 6.45) is 13.0. The molecule has 3 rings (SSSR count). The van der Waals surface area contributed by atoms with Crippen LogP contribution in [0.2, 0.25) is 0 Å². The van der Waals surface area contributed by atoms with E-state index in [0.717, 1.165) is 31.9 Å². The lowest BCUT2D eigenvalue weighted by molar-refractivity contribution is 0.0932. The summed E-state index contributed by atoms with van der Waals surface area (Å²) < 4.78 is 0. The lowest BCUT2D eigenvalue weighted by Crippen LogP contribution is -2.36. The molecular weight excluding hydrogens is 288 g/mol. The molecule has 126 valence electrons. The van der Waals surface area contributed by atoms with Crippen LogP contribution in [-0.4, -0.2) is 35.0 Å². The molecule has 1 unspecified atom stereocenters. The summed E-state index contributed by atoms with van der Waals surface area (Å²) in [5.74, 6) is 1.41. The Morgan fingerprint density at radius 2 is 1.78 bits per heavy atom. The summed E-state index contributed by atoms with van der Waals surface area (Å²) in [5.41, 5.74) is 0.572. The Balaban J connectivity index is 1.58. The van der Waals surface area contributed by atoms with Crippen LogP contribution in [0.5, 0.6) is 0 Å². The zero-order chi connectivity index (χ0) is 16.1. The second-order valence-electron chi connectivity index (χ2n) is 7.13. The largest absolute Gasteiger partial charge is 0.349 e. The first-order valence-corrected chi connectivity index (χ1v) is 9.10. The average molecular weight is 316 g/mol. The van der Waals surface area contributed by atoms with Gasteiger partial charge >= 0.3 is 0 Å². The molecule has 1 aliphatic heterocycles. The molecule has 1 aromatic heterocycles. The molecule has 1 aliphatic carbocycles. The summed E-state index contributed by atoms with van der Waals surface area (Å²) in [5, 5.41) is 3.15. The number of hydrogen-bond donors (Lipinski definition) is 1. The molecule has 1 amide bonds. The molecule has 2 heterocycles. The first-order chi connectivity index (χ1) is 11.2. The van der Waals surface area contributed by atoms with Gasteiger partial charge in [-0.25, -0.2) is 9.97 Å². The number of piperidine rings is 1. The highest BCUT2D eigenvalue weighted by Crippen LogP contribution is 2.20. The van der Waals surface area contributed by atoms with Crippen molar-refractivity contribution in [3.63, 3.8) is 0 Å². The van der Waals surface area contributed by atoms with Crippen LogP contribution in [-0.2, 0) is 0 Å². The van der Waals surface area contributed by atoms with Crippen molar-refractivity contribution in [3.8, 4) is 0 Å². The molecule has 1 atom stereocenters. The van der Waals surface area contributed by atoms with Crippen molar-refractivity contribution in [3.05, 3.63) is 18.0 Å². The number of nitrogens with one attached hydrogen (secondary N) is 1. The predicted molar refractivity (Wildman–Crippen MR) is 91.6 cm³/mol. The van der Waals surface area contributed by atoms with E-state index in [4.69, 9.17) is 0 Å². The molecule has 1 aromatic rings. The maximum absolute atomic E-state index is 12.4. The molecular formula is C18H28N4O. The van der Waals surface area contributed by atoms with E-state index in [1.54, 1.807) is 12.4 Å². The first-order valence-electron chi connectivity index (χ1n) is 9.10. The van der Waals surface area contributed by atoms with Gasteiger partial charge in [-0.3, -0.25) is 4.79 Å². The summed E-state index contributed by atoms with van der Waals surface area (Å²) in [6.45, 7) is 4.28. The Labute approximate surface area is 138 Å². The SMILES string of the molecule is CC1CCCN(c2ncc(C(=O)NC3CCCCCC3)cn2)C1. The molecule has 2 aliphatic rings. The van der Waals surface area contributed by atoms with Gasteiger partial charge in [0.25, 0.3) is 5.91 Å².